The molecule has 0 unspecified atom stereocenters. The van der Waals surface area contributed by atoms with E-state index in [0.29, 0.717) is 10.6 Å². The lowest BCUT2D eigenvalue weighted by Crippen LogP contribution is -1.88. The van der Waals surface area contributed by atoms with Crippen LogP contribution in [0.4, 0.5) is 5.69 Å². The van der Waals surface area contributed by atoms with Gasteiger partial charge in [0.05, 0.1) is 4.92 Å². The number of benzene rings is 2. The standard InChI is InChI=1S/C17H14ClNO2/c1-12-3-6-14(7-4-12)13(2)5-8-15-11-16(19(20)21)9-10-17(15)18/h3-11H,2H2,1H3/b8-5+. The minimum Gasteiger partial charge on any atom is -0.258 e. The predicted molar refractivity (Wildman–Crippen MR) is 87.4 cm³/mol. The fraction of sp³-hybridized carbons (Fsp3) is 0.0588. The molecule has 0 spiro atoms. The molecule has 3 nitrogen and oxygen atoms in total. The average molecular weight is 300 g/mol. The molecule has 0 heterocycles. The summed E-state index contributed by atoms with van der Waals surface area (Å²) in [4.78, 5) is 10.3. The molecule has 0 aliphatic rings. The van der Waals surface area contributed by atoms with E-state index in [1.165, 1.54) is 23.8 Å². The normalized spacial score (nSPS) is 10.8. The Morgan fingerprint density at radius 2 is 1.90 bits per heavy atom. The third-order valence-corrected chi connectivity index (χ3v) is 3.42. The number of nitrogens with zero attached hydrogens (tertiary/aromatic N) is 1. The van der Waals surface area contributed by atoms with E-state index in [1.807, 2.05) is 31.2 Å². The minimum atomic E-state index is -0.442. The van der Waals surface area contributed by atoms with Gasteiger partial charge in [-0.25, -0.2) is 0 Å². The highest BCUT2D eigenvalue weighted by atomic mass is 35.5. The van der Waals surface area contributed by atoms with Crippen LogP contribution in [-0.4, -0.2) is 4.92 Å². The summed E-state index contributed by atoms with van der Waals surface area (Å²) in [7, 11) is 0. The summed E-state index contributed by atoms with van der Waals surface area (Å²) in [5.41, 5.74) is 3.60. The van der Waals surface area contributed by atoms with Crippen LogP contribution in [0.25, 0.3) is 11.6 Å². The van der Waals surface area contributed by atoms with Crippen LogP contribution < -0.4 is 0 Å². The molecule has 21 heavy (non-hydrogen) atoms. The van der Waals surface area contributed by atoms with Gasteiger partial charge in [0.2, 0.25) is 0 Å². The zero-order chi connectivity index (χ0) is 15.4. The van der Waals surface area contributed by atoms with Gasteiger partial charge >= 0.3 is 0 Å². The van der Waals surface area contributed by atoms with Gasteiger partial charge in [-0.05, 0) is 29.7 Å². The first-order valence-corrected chi connectivity index (χ1v) is 6.73. The molecule has 0 aromatic heterocycles. The molecule has 0 atom stereocenters. The monoisotopic (exact) mass is 299 g/mol. The molecule has 2 aromatic rings. The first kappa shape index (κ1) is 15.0. The number of allylic oxidation sites excluding steroid dienone is 2. The van der Waals surface area contributed by atoms with Crippen LogP contribution in [0.15, 0.2) is 55.1 Å². The van der Waals surface area contributed by atoms with Gasteiger partial charge in [-0.3, -0.25) is 10.1 Å². The molecule has 2 aromatic carbocycles. The van der Waals surface area contributed by atoms with Crippen LogP contribution in [0.2, 0.25) is 5.02 Å². The third kappa shape index (κ3) is 3.80. The van der Waals surface area contributed by atoms with Crippen molar-refractivity contribution >= 4 is 28.9 Å². The maximum atomic E-state index is 10.8. The Labute approximate surface area is 128 Å². The highest BCUT2D eigenvalue weighted by Gasteiger charge is 2.07. The number of hydrogen-bond donors (Lipinski definition) is 0. The quantitative estimate of drug-likeness (QED) is 0.438. The van der Waals surface area contributed by atoms with Gasteiger partial charge in [0.25, 0.3) is 5.69 Å². The summed E-state index contributed by atoms with van der Waals surface area (Å²) in [6.45, 7) is 6.01. The maximum absolute atomic E-state index is 10.8. The fourth-order valence-electron chi connectivity index (χ4n) is 1.83. The molecular formula is C17H14ClNO2. The molecule has 0 amide bonds. The van der Waals surface area contributed by atoms with Crippen molar-refractivity contribution in [3.05, 3.63) is 86.9 Å². The Morgan fingerprint density at radius 1 is 1.24 bits per heavy atom. The van der Waals surface area contributed by atoms with Crippen molar-refractivity contribution < 1.29 is 4.92 Å². The Hall–Kier alpha value is -2.39. The highest BCUT2D eigenvalue weighted by molar-refractivity contribution is 6.32. The topological polar surface area (TPSA) is 43.1 Å². The summed E-state index contributed by atoms with van der Waals surface area (Å²) in [5.74, 6) is 0. The van der Waals surface area contributed by atoms with Crippen molar-refractivity contribution in [1.29, 1.82) is 0 Å². The summed E-state index contributed by atoms with van der Waals surface area (Å²) in [5, 5.41) is 11.2. The van der Waals surface area contributed by atoms with Crippen molar-refractivity contribution in [2.24, 2.45) is 0 Å². The van der Waals surface area contributed by atoms with Crippen LogP contribution in [0.5, 0.6) is 0 Å². The van der Waals surface area contributed by atoms with Crippen LogP contribution in [0.1, 0.15) is 16.7 Å². The van der Waals surface area contributed by atoms with Gasteiger partial charge in [0.15, 0.2) is 0 Å². The van der Waals surface area contributed by atoms with Crippen molar-refractivity contribution in [3.63, 3.8) is 0 Å². The van der Waals surface area contributed by atoms with E-state index in [9.17, 15) is 10.1 Å². The SMILES string of the molecule is C=C(/C=C/c1cc([N+](=O)[O-])ccc1Cl)c1ccc(C)cc1. The number of halogens is 1. The Balaban J connectivity index is 2.24. The molecule has 0 fully saturated rings. The summed E-state index contributed by atoms with van der Waals surface area (Å²) in [6, 6.07) is 12.3. The van der Waals surface area contributed by atoms with E-state index >= 15 is 0 Å². The first-order chi connectivity index (χ1) is 9.97. The van der Waals surface area contributed by atoms with Gasteiger partial charge in [0.1, 0.15) is 0 Å². The number of nitro benzene ring substituents is 1. The molecular weight excluding hydrogens is 286 g/mol. The Morgan fingerprint density at radius 3 is 2.52 bits per heavy atom. The number of rotatable bonds is 4. The average Bonchev–Trinajstić information content (AvgIpc) is 2.46. The molecule has 0 radical (unpaired) electrons. The molecule has 0 aliphatic carbocycles. The molecule has 4 heteroatoms. The minimum absolute atomic E-state index is 0.0139. The highest BCUT2D eigenvalue weighted by Crippen LogP contribution is 2.24. The number of aryl methyl sites for hydroxylation is 1. The first-order valence-electron chi connectivity index (χ1n) is 6.35. The molecule has 0 bridgehead atoms. The Bertz CT molecular complexity index is 718. The molecule has 106 valence electrons. The lowest BCUT2D eigenvalue weighted by atomic mass is 10.0. The Kier molecular flexibility index (Phi) is 4.55. The zero-order valence-electron chi connectivity index (χ0n) is 11.5. The van der Waals surface area contributed by atoms with E-state index in [4.69, 9.17) is 11.6 Å². The fourth-order valence-corrected chi connectivity index (χ4v) is 2.01. The molecule has 2 rings (SSSR count). The third-order valence-electron chi connectivity index (χ3n) is 3.08. The number of non-ortho nitro benzene ring substituents is 1. The second-order valence-corrected chi connectivity index (χ2v) is 5.09. The molecule has 0 saturated heterocycles. The van der Waals surface area contributed by atoms with E-state index in [1.54, 1.807) is 12.2 Å². The van der Waals surface area contributed by atoms with Gasteiger partial charge in [-0.2, -0.15) is 0 Å². The van der Waals surface area contributed by atoms with Crippen molar-refractivity contribution in [1.82, 2.24) is 0 Å². The van der Waals surface area contributed by atoms with E-state index in [0.717, 1.165) is 11.1 Å². The van der Waals surface area contributed by atoms with Crippen molar-refractivity contribution in [2.45, 2.75) is 6.92 Å². The summed E-state index contributed by atoms with van der Waals surface area (Å²) in [6.07, 6.45) is 3.53. The van der Waals surface area contributed by atoms with Gasteiger partial charge in [-0.1, -0.05) is 60.2 Å². The van der Waals surface area contributed by atoms with Crippen LogP contribution in [-0.2, 0) is 0 Å². The van der Waals surface area contributed by atoms with Crippen molar-refractivity contribution in [3.8, 4) is 0 Å². The molecule has 0 saturated carbocycles. The van der Waals surface area contributed by atoms with Crippen LogP contribution in [0.3, 0.4) is 0 Å². The summed E-state index contributed by atoms with van der Waals surface area (Å²) >= 11 is 6.05. The molecule has 0 N–H and O–H groups in total. The number of hydrogen-bond acceptors (Lipinski definition) is 2. The second kappa shape index (κ2) is 6.37. The van der Waals surface area contributed by atoms with Crippen molar-refractivity contribution in [2.75, 3.05) is 0 Å². The maximum Gasteiger partial charge on any atom is 0.270 e. The lowest BCUT2D eigenvalue weighted by molar-refractivity contribution is -0.384. The van der Waals surface area contributed by atoms with Crippen LogP contribution >= 0.6 is 11.6 Å². The smallest absolute Gasteiger partial charge is 0.258 e. The second-order valence-electron chi connectivity index (χ2n) is 4.69. The summed E-state index contributed by atoms with van der Waals surface area (Å²) < 4.78 is 0. The van der Waals surface area contributed by atoms with E-state index in [2.05, 4.69) is 6.58 Å². The van der Waals surface area contributed by atoms with E-state index in [-0.39, 0.29) is 5.69 Å². The number of nitro groups is 1. The van der Waals surface area contributed by atoms with Gasteiger partial charge in [-0.15, -0.1) is 0 Å². The zero-order valence-corrected chi connectivity index (χ0v) is 12.3. The lowest BCUT2D eigenvalue weighted by Gasteiger charge is -2.02. The largest absolute Gasteiger partial charge is 0.270 e. The predicted octanol–water partition coefficient (Wildman–Crippen LogP) is 5.28. The molecule has 0 aliphatic heterocycles. The van der Waals surface area contributed by atoms with Gasteiger partial charge in [0, 0.05) is 17.2 Å². The van der Waals surface area contributed by atoms with Crippen LogP contribution in [0, 0.1) is 17.0 Å². The van der Waals surface area contributed by atoms with Gasteiger partial charge < -0.3 is 0 Å². The van der Waals surface area contributed by atoms with E-state index < -0.39 is 4.92 Å².